The number of anilines is 1. The Bertz CT molecular complexity index is 1970. The molecule has 3 aliphatic rings. The van der Waals surface area contributed by atoms with Gasteiger partial charge < -0.3 is 24.6 Å². The number of nitrogens with one attached hydrogen (secondary N) is 1. The summed E-state index contributed by atoms with van der Waals surface area (Å²) in [7, 11) is 0. The van der Waals surface area contributed by atoms with E-state index in [9.17, 15) is 24.6 Å². The number of nitrogens with zero attached hydrogens (tertiary/aromatic N) is 4. The van der Waals surface area contributed by atoms with Crippen molar-refractivity contribution in [1.29, 1.82) is 0 Å². The van der Waals surface area contributed by atoms with Crippen LogP contribution in [0.5, 0.6) is 11.5 Å². The van der Waals surface area contributed by atoms with Crippen LogP contribution >= 0.6 is 0 Å². The van der Waals surface area contributed by atoms with Crippen molar-refractivity contribution < 1.29 is 34.1 Å². The molecule has 12 heteroatoms. The van der Waals surface area contributed by atoms with Gasteiger partial charge in [0, 0.05) is 30.8 Å². The van der Waals surface area contributed by atoms with E-state index >= 15 is 0 Å². The Morgan fingerprint density at radius 1 is 0.885 bits per heavy atom. The van der Waals surface area contributed by atoms with Crippen LogP contribution in [0.15, 0.2) is 79.0 Å². The number of fused-ring (bicyclic) bond motifs is 1. The molecule has 3 N–H and O–H groups in total. The lowest BCUT2D eigenvalue weighted by atomic mass is 9.78. The molecule has 0 aliphatic carbocycles. The van der Waals surface area contributed by atoms with Gasteiger partial charge in [-0.1, -0.05) is 38.1 Å². The predicted molar refractivity (Wildman–Crippen MR) is 192 cm³/mol. The molecule has 1 aromatic heterocycles. The molecule has 7 rings (SSSR count). The highest BCUT2D eigenvalue weighted by Crippen LogP contribution is 2.36. The lowest BCUT2D eigenvalue weighted by Crippen LogP contribution is -2.58. The largest absolute Gasteiger partial charge is 0.491 e. The van der Waals surface area contributed by atoms with Crippen molar-refractivity contribution in [2.75, 3.05) is 18.1 Å². The van der Waals surface area contributed by atoms with Gasteiger partial charge in [0.15, 0.2) is 11.6 Å². The number of imide groups is 1. The second-order valence-electron chi connectivity index (χ2n) is 14.2. The number of hydrogen-bond donors (Lipinski definition) is 3. The molecule has 3 aliphatic heterocycles. The number of ketones is 1. The Kier molecular flexibility index (Phi) is 9.80. The Morgan fingerprint density at radius 2 is 1.56 bits per heavy atom. The molecule has 2 fully saturated rings. The molecular weight excluding hydrogens is 662 g/mol. The summed E-state index contributed by atoms with van der Waals surface area (Å²) in [5.41, 5.74) is 4.13. The molecule has 3 unspecified atom stereocenters. The van der Waals surface area contributed by atoms with Gasteiger partial charge in [0.25, 0.3) is 11.8 Å². The van der Waals surface area contributed by atoms with E-state index in [0.29, 0.717) is 42.0 Å². The minimum atomic E-state index is -1.19. The van der Waals surface area contributed by atoms with E-state index in [0.717, 1.165) is 46.9 Å². The number of amides is 2. The van der Waals surface area contributed by atoms with Crippen molar-refractivity contribution in [3.63, 3.8) is 0 Å². The molecule has 12 nitrogen and oxygen atoms in total. The molecule has 0 bridgehead atoms. The van der Waals surface area contributed by atoms with Crippen molar-refractivity contribution in [1.82, 2.24) is 20.2 Å². The summed E-state index contributed by atoms with van der Waals surface area (Å²) in [6, 6.07) is 22.6. The Balaban J connectivity index is 0.958. The maximum atomic E-state index is 13.4. The normalized spacial score (nSPS) is 21.7. The lowest BCUT2D eigenvalue weighted by Gasteiger charge is -2.36. The maximum Gasteiger partial charge on any atom is 0.262 e. The Morgan fingerprint density at radius 3 is 2.23 bits per heavy atom. The predicted octanol–water partition coefficient (Wildman–Crippen LogP) is 4.62. The van der Waals surface area contributed by atoms with Crippen LogP contribution < -0.4 is 19.7 Å². The summed E-state index contributed by atoms with van der Waals surface area (Å²) < 4.78 is 12.2. The van der Waals surface area contributed by atoms with Crippen LogP contribution in [0.4, 0.5) is 5.69 Å². The van der Waals surface area contributed by atoms with E-state index in [1.165, 1.54) is 6.92 Å². The molecule has 2 saturated heterocycles. The third kappa shape index (κ3) is 7.01. The summed E-state index contributed by atoms with van der Waals surface area (Å²) in [6.07, 6.45) is 2.06. The minimum Gasteiger partial charge on any atom is -0.491 e. The fourth-order valence-corrected chi connectivity index (χ4v) is 7.32. The van der Waals surface area contributed by atoms with Gasteiger partial charge in [0.05, 0.1) is 28.9 Å². The van der Waals surface area contributed by atoms with Crippen molar-refractivity contribution in [3.8, 4) is 11.5 Å². The van der Waals surface area contributed by atoms with Gasteiger partial charge in [-0.2, -0.15) is 0 Å². The quantitative estimate of drug-likeness (QED) is 0.148. The second kappa shape index (κ2) is 14.5. The first-order chi connectivity index (χ1) is 25.0. The second-order valence-corrected chi connectivity index (χ2v) is 14.2. The molecule has 0 saturated carbocycles. The minimum absolute atomic E-state index is 0.0922. The number of piperidine rings is 1. The van der Waals surface area contributed by atoms with Gasteiger partial charge >= 0.3 is 0 Å². The third-order valence-electron chi connectivity index (χ3n) is 10.4. The molecule has 4 heterocycles. The van der Waals surface area contributed by atoms with Crippen LogP contribution in [0.2, 0.25) is 0 Å². The highest BCUT2D eigenvalue weighted by molar-refractivity contribution is 6.22. The molecule has 52 heavy (non-hydrogen) atoms. The van der Waals surface area contributed by atoms with Crippen LogP contribution in [-0.4, -0.2) is 80.4 Å². The van der Waals surface area contributed by atoms with Crippen LogP contribution in [0, 0.1) is 0 Å². The van der Waals surface area contributed by atoms with Gasteiger partial charge in [-0.3, -0.25) is 24.6 Å². The van der Waals surface area contributed by atoms with E-state index in [1.807, 2.05) is 30.3 Å². The number of Topliss-reactive ketones (excluding diaryl/α,β-unsaturated/α-hetero) is 1. The summed E-state index contributed by atoms with van der Waals surface area (Å²) in [5, 5.41) is 22.9. The average molecular weight is 706 g/mol. The van der Waals surface area contributed by atoms with E-state index in [2.05, 4.69) is 58.3 Å². The molecule has 4 aromatic rings. The number of hydrogen-bond acceptors (Lipinski definition) is 11. The Labute approximate surface area is 302 Å². The van der Waals surface area contributed by atoms with Crippen LogP contribution in [0.1, 0.15) is 94.6 Å². The van der Waals surface area contributed by atoms with Gasteiger partial charge in [0.2, 0.25) is 0 Å². The third-order valence-corrected chi connectivity index (χ3v) is 10.4. The number of carbonyl (C=O) groups excluding carboxylic acids is 3. The molecule has 0 spiro atoms. The van der Waals surface area contributed by atoms with Crippen molar-refractivity contribution in [2.24, 2.45) is 0 Å². The highest BCUT2D eigenvalue weighted by Gasteiger charge is 2.44. The van der Waals surface area contributed by atoms with E-state index in [4.69, 9.17) is 9.47 Å². The first kappa shape index (κ1) is 35.2. The zero-order valence-corrected chi connectivity index (χ0v) is 29.5. The smallest absolute Gasteiger partial charge is 0.262 e. The SMILES string of the molecule is CC(=O)c1nccc(COc2ccc(C(C)(C)c3ccc(OC[C@H]4CCCN4c4ccc5c(c4)C(=O)N(C4CCC(O)NC4O)C5=O)cc3)cc2)n1. The van der Waals surface area contributed by atoms with Crippen molar-refractivity contribution in [2.45, 2.75) is 83.0 Å². The maximum absolute atomic E-state index is 13.4. The van der Waals surface area contributed by atoms with E-state index < -0.39 is 30.3 Å². The first-order valence-electron chi connectivity index (χ1n) is 17.7. The van der Waals surface area contributed by atoms with Crippen molar-refractivity contribution >= 4 is 23.3 Å². The number of aromatic nitrogens is 2. The van der Waals surface area contributed by atoms with Gasteiger partial charge in [0.1, 0.15) is 37.2 Å². The van der Waals surface area contributed by atoms with Gasteiger partial charge in [-0.05, 0) is 85.3 Å². The molecule has 270 valence electrons. The standard InChI is InChI=1S/C40H43N5O7/c1-24(46)36-41-19-18-27(42-36)22-51-30-11-6-25(7-12-30)40(2,3)26-8-13-31(14-9-26)52-23-29-5-4-20-44(29)28-10-15-32-33(21-28)39(50)45(38(32)49)34-16-17-35(47)43-37(34)48/h6-15,18-19,21,29,34-35,37,43,47-48H,4-5,16-17,20,22-23H2,1-3H3/t29-,34?,35?,37?/m1/s1. The fourth-order valence-electron chi connectivity index (χ4n) is 7.32. The van der Waals surface area contributed by atoms with Gasteiger partial charge in [-0.25, -0.2) is 9.97 Å². The number of aliphatic hydroxyl groups is 2. The first-order valence-corrected chi connectivity index (χ1v) is 17.7. The molecule has 4 atom stereocenters. The van der Waals surface area contributed by atoms with E-state index in [1.54, 1.807) is 24.4 Å². The van der Waals surface area contributed by atoms with Crippen LogP contribution in [0.3, 0.4) is 0 Å². The van der Waals surface area contributed by atoms with E-state index in [-0.39, 0.29) is 29.7 Å². The number of benzene rings is 3. The molecule has 3 aromatic carbocycles. The topological polar surface area (TPSA) is 154 Å². The fraction of sp³-hybridized carbons (Fsp3) is 0.375. The monoisotopic (exact) mass is 705 g/mol. The number of ether oxygens (including phenoxy) is 2. The lowest BCUT2D eigenvalue weighted by molar-refractivity contribution is -0.0413. The summed E-state index contributed by atoms with van der Waals surface area (Å²) in [6.45, 7) is 7.28. The molecular formula is C40H43N5O7. The number of aliphatic hydroxyl groups excluding tert-OH is 2. The number of carbonyl (C=O) groups is 3. The summed E-state index contributed by atoms with van der Waals surface area (Å²) in [5.74, 6) is 0.609. The highest BCUT2D eigenvalue weighted by atomic mass is 16.5. The molecule has 2 amide bonds. The van der Waals surface area contributed by atoms with Crippen LogP contribution in [0.25, 0.3) is 0 Å². The zero-order valence-electron chi connectivity index (χ0n) is 29.5. The Hall–Kier alpha value is -5.17. The van der Waals surface area contributed by atoms with Crippen LogP contribution in [-0.2, 0) is 12.0 Å². The summed E-state index contributed by atoms with van der Waals surface area (Å²) >= 11 is 0. The van der Waals surface area contributed by atoms with Crippen molar-refractivity contribution in [3.05, 3.63) is 113 Å². The number of rotatable bonds is 11. The molecule has 0 radical (unpaired) electrons. The van der Waals surface area contributed by atoms with Gasteiger partial charge in [-0.15, -0.1) is 0 Å². The average Bonchev–Trinajstić information content (AvgIpc) is 3.72. The summed E-state index contributed by atoms with van der Waals surface area (Å²) in [4.78, 5) is 49.8. The zero-order chi connectivity index (χ0) is 36.6.